The molecule has 1 amide bonds. The van der Waals surface area contributed by atoms with Gasteiger partial charge in [-0.2, -0.15) is 0 Å². The van der Waals surface area contributed by atoms with Crippen LogP contribution in [0.1, 0.15) is 4.88 Å². The minimum Gasteiger partial charge on any atom is -0.497 e. The number of rotatable bonds is 6. The van der Waals surface area contributed by atoms with Crippen LogP contribution in [-0.4, -0.2) is 25.6 Å². The van der Waals surface area contributed by atoms with Crippen LogP contribution in [0.15, 0.2) is 54.6 Å². The second kappa shape index (κ2) is 8.70. The van der Waals surface area contributed by atoms with Gasteiger partial charge in [0.15, 0.2) is 6.61 Å². The topological polar surface area (TPSA) is 64.6 Å². The molecule has 0 radical (unpaired) electrons. The van der Waals surface area contributed by atoms with E-state index in [1.165, 1.54) is 24.5 Å². The molecule has 138 valence electrons. The van der Waals surface area contributed by atoms with Crippen LogP contribution in [0.4, 0.5) is 5.69 Å². The van der Waals surface area contributed by atoms with Crippen molar-refractivity contribution in [3.63, 3.8) is 0 Å². The number of thiophene rings is 1. The van der Waals surface area contributed by atoms with E-state index in [0.717, 1.165) is 15.0 Å². The molecule has 1 N–H and O–H groups in total. The lowest BCUT2D eigenvalue weighted by Crippen LogP contribution is -2.20. The summed E-state index contributed by atoms with van der Waals surface area (Å²) in [6, 6.07) is 14.6. The smallest absolute Gasteiger partial charge is 0.331 e. The fourth-order valence-corrected chi connectivity index (χ4v) is 3.77. The van der Waals surface area contributed by atoms with E-state index in [1.807, 2.05) is 24.3 Å². The Labute approximate surface area is 165 Å². The molecule has 7 heteroatoms. The minimum absolute atomic E-state index is 0.388. The Kier molecular flexibility index (Phi) is 6.11. The largest absolute Gasteiger partial charge is 0.497 e. The zero-order valence-corrected chi connectivity index (χ0v) is 16.0. The highest BCUT2D eigenvalue weighted by Crippen LogP contribution is 2.35. The Hall–Kier alpha value is -2.83. The highest BCUT2D eigenvalue weighted by Gasteiger charge is 2.09. The van der Waals surface area contributed by atoms with E-state index in [9.17, 15) is 9.59 Å². The second-order valence-corrected chi connectivity index (χ2v) is 6.96. The highest BCUT2D eigenvalue weighted by molar-refractivity contribution is 7.20. The van der Waals surface area contributed by atoms with Gasteiger partial charge in [-0.3, -0.25) is 4.79 Å². The Morgan fingerprint density at radius 1 is 1.19 bits per heavy atom. The van der Waals surface area contributed by atoms with E-state index in [-0.39, 0.29) is 6.61 Å². The number of ether oxygens (including phenoxy) is 2. The maximum atomic E-state index is 11.9. The van der Waals surface area contributed by atoms with Gasteiger partial charge in [0, 0.05) is 32.8 Å². The summed E-state index contributed by atoms with van der Waals surface area (Å²) in [5.74, 6) is -0.442. The number of esters is 1. The first-order valence-electron chi connectivity index (χ1n) is 8.02. The van der Waals surface area contributed by atoms with E-state index in [1.54, 1.807) is 30.3 Å². The van der Waals surface area contributed by atoms with Crippen molar-refractivity contribution < 1.29 is 19.1 Å². The van der Waals surface area contributed by atoms with E-state index in [4.69, 9.17) is 21.1 Å². The van der Waals surface area contributed by atoms with Crippen LogP contribution < -0.4 is 10.1 Å². The molecule has 27 heavy (non-hydrogen) atoms. The Morgan fingerprint density at radius 2 is 2.00 bits per heavy atom. The molecule has 0 unspecified atom stereocenters. The van der Waals surface area contributed by atoms with Crippen LogP contribution in [0, 0.1) is 0 Å². The molecule has 0 spiro atoms. The molecule has 3 aromatic rings. The number of nitrogens with one attached hydrogen (secondary N) is 1. The number of amides is 1. The summed E-state index contributed by atoms with van der Waals surface area (Å²) in [4.78, 5) is 24.5. The molecule has 0 saturated carbocycles. The van der Waals surface area contributed by atoms with Crippen molar-refractivity contribution in [1.82, 2.24) is 0 Å². The van der Waals surface area contributed by atoms with Crippen LogP contribution in [0.2, 0.25) is 5.02 Å². The van der Waals surface area contributed by atoms with Gasteiger partial charge < -0.3 is 14.8 Å². The van der Waals surface area contributed by atoms with Gasteiger partial charge in [-0.25, -0.2) is 4.79 Å². The lowest BCUT2D eigenvalue weighted by Gasteiger charge is -2.06. The Balaban J connectivity index is 1.54. The summed E-state index contributed by atoms with van der Waals surface area (Å²) >= 11 is 7.79. The molecule has 0 aliphatic heterocycles. The zero-order chi connectivity index (χ0) is 19.2. The molecule has 0 bridgehead atoms. The van der Waals surface area contributed by atoms with Gasteiger partial charge in [0.05, 0.1) is 12.1 Å². The van der Waals surface area contributed by atoms with Gasteiger partial charge >= 0.3 is 5.97 Å². The van der Waals surface area contributed by atoms with Crippen LogP contribution in [0.25, 0.3) is 16.2 Å². The summed E-state index contributed by atoms with van der Waals surface area (Å²) < 4.78 is 11.1. The van der Waals surface area contributed by atoms with E-state index in [2.05, 4.69) is 5.32 Å². The quantitative estimate of drug-likeness (QED) is 0.477. The molecule has 0 aliphatic carbocycles. The molecular weight excluding hydrogens is 386 g/mol. The van der Waals surface area contributed by atoms with Gasteiger partial charge in [0.2, 0.25) is 0 Å². The summed E-state index contributed by atoms with van der Waals surface area (Å²) in [6.45, 7) is -0.388. The molecule has 5 nitrogen and oxygen atoms in total. The first kappa shape index (κ1) is 18.9. The predicted octanol–water partition coefficient (Wildman–Crippen LogP) is 4.76. The number of methoxy groups -OCH3 is 1. The standard InChI is InChI=1S/C20H16ClNO4S/c1-25-14-6-4-5-13(11-14)22-18(23)12-26-19(24)10-9-17-20(21)15-7-2-3-8-16(15)27-17/h2-11H,12H2,1H3,(H,22,23)/b10-9+. The van der Waals surface area contributed by atoms with E-state index >= 15 is 0 Å². The highest BCUT2D eigenvalue weighted by atomic mass is 35.5. The lowest BCUT2D eigenvalue weighted by atomic mass is 10.2. The summed E-state index contributed by atoms with van der Waals surface area (Å²) in [7, 11) is 1.54. The number of carbonyl (C=O) groups excluding carboxylic acids is 2. The normalized spacial score (nSPS) is 10.9. The molecule has 0 atom stereocenters. The first-order chi connectivity index (χ1) is 13.1. The second-order valence-electron chi connectivity index (χ2n) is 5.50. The molecule has 3 rings (SSSR count). The first-order valence-corrected chi connectivity index (χ1v) is 9.22. The van der Waals surface area contributed by atoms with Crippen molar-refractivity contribution in [1.29, 1.82) is 0 Å². The maximum absolute atomic E-state index is 11.9. The fraction of sp³-hybridized carbons (Fsp3) is 0.100. The Morgan fingerprint density at radius 3 is 2.78 bits per heavy atom. The predicted molar refractivity (Wildman–Crippen MR) is 108 cm³/mol. The van der Waals surface area contributed by atoms with E-state index in [0.29, 0.717) is 16.5 Å². The molecule has 2 aromatic carbocycles. The molecular formula is C20H16ClNO4S. The van der Waals surface area contributed by atoms with Crippen molar-refractivity contribution in [2.75, 3.05) is 19.0 Å². The molecule has 0 saturated heterocycles. The van der Waals surface area contributed by atoms with Crippen LogP contribution in [0.5, 0.6) is 5.75 Å². The van der Waals surface area contributed by atoms with Crippen molar-refractivity contribution in [3.05, 3.63) is 64.5 Å². The van der Waals surface area contributed by atoms with Gasteiger partial charge in [-0.05, 0) is 24.3 Å². The van der Waals surface area contributed by atoms with Gasteiger partial charge in [0.25, 0.3) is 5.91 Å². The van der Waals surface area contributed by atoms with Crippen molar-refractivity contribution in [2.24, 2.45) is 0 Å². The van der Waals surface area contributed by atoms with E-state index < -0.39 is 11.9 Å². The van der Waals surface area contributed by atoms with Gasteiger partial charge in [-0.1, -0.05) is 35.9 Å². The average molecular weight is 402 g/mol. The summed E-state index contributed by atoms with van der Waals surface area (Å²) in [6.07, 6.45) is 2.85. The summed E-state index contributed by atoms with van der Waals surface area (Å²) in [5.41, 5.74) is 0.558. The van der Waals surface area contributed by atoms with Crippen LogP contribution in [-0.2, 0) is 14.3 Å². The third-order valence-electron chi connectivity index (χ3n) is 3.63. The number of fused-ring (bicyclic) bond motifs is 1. The maximum Gasteiger partial charge on any atom is 0.331 e. The number of hydrogen-bond acceptors (Lipinski definition) is 5. The zero-order valence-electron chi connectivity index (χ0n) is 14.4. The monoisotopic (exact) mass is 401 g/mol. The van der Waals surface area contributed by atoms with Crippen molar-refractivity contribution in [2.45, 2.75) is 0 Å². The number of benzene rings is 2. The fourth-order valence-electron chi connectivity index (χ4n) is 2.37. The van der Waals surface area contributed by atoms with Crippen molar-refractivity contribution >= 4 is 56.7 Å². The summed E-state index contributed by atoms with van der Waals surface area (Å²) in [5, 5.41) is 4.17. The number of anilines is 1. The van der Waals surface area contributed by atoms with Crippen molar-refractivity contribution in [3.8, 4) is 5.75 Å². The average Bonchev–Trinajstić information content (AvgIpc) is 3.01. The van der Waals surface area contributed by atoms with Gasteiger partial charge in [0.1, 0.15) is 5.75 Å². The SMILES string of the molecule is COc1cccc(NC(=O)COC(=O)/C=C/c2sc3ccccc3c2Cl)c1. The van der Waals surface area contributed by atoms with Gasteiger partial charge in [-0.15, -0.1) is 11.3 Å². The molecule has 1 aromatic heterocycles. The van der Waals surface area contributed by atoms with Crippen LogP contribution in [0.3, 0.4) is 0 Å². The number of halogens is 1. The molecule has 0 fully saturated rings. The molecule has 0 aliphatic rings. The third-order valence-corrected chi connectivity index (χ3v) is 5.28. The van der Waals surface area contributed by atoms with Crippen LogP contribution >= 0.6 is 22.9 Å². The molecule has 1 heterocycles. The number of carbonyl (C=O) groups is 2. The third kappa shape index (κ3) is 4.87. The minimum atomic E-state index is -0.621. The number of hydrogen-bond donors (Lipinski definition) is 1. The lowest BCUT2D eigenvalue weighted by molar-refractivity contribution is -0.142. The Bertz CT molecular complexity index is 1010.